The number of hydrogen-bond acceptors (Lipinski definition) is 11. The fraction of sp³-hybridized carbons (Fsp3) is 0.197. The van der Waals surface area contributed by atoms with Gasteiger partial charge in [0.25, 0.3) is 0 Å². The van der Waals surface area contributed by atoms with E-state index in [1.54, 1.807) is 72.8 Å². The maximum Gasteiger partial charge on any atom is 0.168 e. The third-order valence-corrected chi connectivity index (χ3v) is 13.2. The van der Waals surface area contributed by atoms with E-state index in [4.69, 9.17) is 4.74 Å². The maximum atomic E-state index is 13.1. The normalized spacial score (nSPS) is 11.3. The Balaban J connectivity index is 0.000000138. The molecule has 12 rings (SSSR count). The van der Waals surface area contributed by atoms with Crippen molar-refractivity contribution in [3.63, 3.8) is 0 Å². The van der Waals surface area contributed by atoms with E-state index in [9.17, 15) is 18.0 Å². The van der Waals surface area contributed by atoms with Crippen LogP contribution in [0.1, 0.15) is 76.6 Å². The third kappa shape index (κ3) is 14.5. The van der Waals surface area contributed by atoms with Crippen molar-refractivity contribution < 1.29 is 22.7 Å². The lowest BCUT2D eigenvalue weighted by Gasteiger charge is -2.16. The van der Waals surface area contributed by atoms with Gasteiger partial charge < -0.3 is 35.6 Å². The van der Waals surface area contributed by atoms with Crippen molar-refractivity contribution in [3.8, 4) is 0 Å². The van der Waals surface area contributed by atoms with Crippen LogP contribution in [0.15, 0.2) is 171 Å². The first-order valence-corrected chi connectivity index (χ1v) is 26.5. The summed E-state index contributed by atoms with van der Waals surface area (Å²) in [5.41, 5.74) is 10.5. The van der Waals surface area contributed by atoms with Crippen molar-refractivity contribution in [1.29, 1.82) is 0 Å². The number of carbonyl (C=O) groups is 1. The van der Waals surface area contributed by atoms with Crippen molar-refractivity contribution in [3.05, 3.63) is 233 Å². The highest BCUT2D eigenvalue weighted by atomic mass is 19.1. The Morgan fingerprint density at radius 1 is 0.556 bits per heavy atom. The molecule has 1 atom stereocenters. The van der Waals surface area contributed by atoms with Crippen LogP contribution in [0.5, 0.6) is 0 Å². The molecule has 0 aliphatic carbocycles. The van der Waals surface area contributed by atoms with Gasteiger partial charge in [0.2, 0.25) is 0 Å². The van der Waals surface area contributed by atoms with Gasteiger partial charge in [-0.3, -0.25) is 18.8 Å². The van der Waals surface area contributed by atoms with E-state index >= 15 is 0 Å². The van der Waals surface area contributed by atoms with Crippen LogP contribution in [-0.4, -0.2) is 72.6 Å². The summed E-state index contributed by atoms with van der Waals surface area (Å²) in [7, 11) is 1.69. The number of ether oxygens (including phenoxy) is 1. The molecule has 0 radical (unpaired) electrons. The Morgan fingerprint density at radius 3 is 1.59 bits per heavy atom. The molecule has 0 amide bonds. The Labute approximate surface area is 465 Å². The first kappa shape index (κ1) is 55.9. The molecule has 3 aromatic carbocycles. The van der Waals surface area contributed by atoms with Crippen LogP contribution < -0.4 is 16.0 Å². The van der Waals surface area contributed by atoms with E-state index in [1.165, 1.54) is 42.0 Å². The molecule has 0 bridgehead atoms. The second-order valence-corrected chi connectivity index (χ2v) is 18.5. The van der Waals surface area contributed by atoms with E-state index in [2.05, 4.69) is 80.2 Å². The largest absolute Gasteiger partial charge is 0.370 e. The summed E-state index contributed by atoms with van der Waals surface area (Å²) in [6.07, 6.45) is 12.4. The standard InChI is InChI=1S/C21H22FN5O.C20H20FN5.C13H14FN3O.C7H6N2/c1-3-27-18(11-19(26-27)24-12-14-6-8-15(22)9-7-14)20(28-2)17-13-25-21-16(17)5-4-10-23-21;1-2-26-17(10-15-13-24-20-18(15)4-3-9-22-20)11-19(25-26)23-12-14-5-7-16(21)8-6-14;1-2-17-12(9-18)7-13(16-17)15-8-10-3-5-11(14)6-4-10;1-2-6-3-5-9-7(6)8-4-1/h4-11,13,20H,3,12H2,1-2H3,(H,23,25)(H,24,26);3-9,11,13H,2,10,12H2,1H3,(H,22,24)(H,23,25);3-7,9H,2,8H2,1H3,(H,15,16);1-5H,(H,8,9). The summed E-state index contributed by atoms with van der Waals surface area (Å²) < 4.78 is 50.2. The molecule has 9 aromatic heterocycles. The highest BCUT2D eigenvalue weighted by Gasteiger charge is 2.23. The Kier molecular flexibility index (Phi) is 18.8. The summed E-state index contributed by atoms with van der Waals surface area (Å²) in [5.74, 6) is 1.50. The number of aromatic nitrogens is 12. The average molecular weight is 1090 g/mol. The van der Waals surface area contributed by atoms with Crippen LogP contribution in [0.2, 0.25) is 0 Å². The lowest BCUT2D eigenvalue weighted by Crippen LogP contribution is -2.11. The molecule has 6 N–H and O–H groups in total. The van der Waals surface area contributed by atoms with Gasteiger partial charge in [-0.15, -0.1) is 0 Å². The molecule has 17 nitrogen and oxygen atoms in total. The Hall–Kier alpha value is -9.82. The number of fused-ring (bicyclic) bond motifs is 3. The number of hydrogen-bond donors (Lipinski definition) is 6. The van der Waals surface area contributed by atoms with E-state index < -0.39 is 0 Å². The molecule has 0 saturated carbocycles. The van der Waals surface area contributed by atoms with Gasteiger partial charge in [0.05, 0.1) is 5.69 Å². The van der Waals surface area contributed by atoms with Crippen LogP contribution in [0.3, 0.4) is 0 Å². The number of benzene rings is 3. The number of nitrogens with zero attached hydrogens (tertiary/aromatic N) is 9. The fourth-order valence-corrected chi connectivity index (χ4v) is 9.03. The molecule has 0 fully saturated rings. The number of nitrogens with one attached hydrogen (secondary N) is 6. The highest BCUT2D eigenvalue weighted by Crippen LogP contribution is 2.32. The Bertz CT molecular complexity index is 3870. The van der Waals surface area contributed by atoms with Gasteiger partial charge in [-0.25, -0.2) is 28.1 Å². The fourth-order valence-electron chi connectivity index (χ4n) is 9.03. The van der Waals surface area contributed by atoms with Gasteiger partial charge in [-0.2, -0.15) is 15.3 Å². The number of rotatable bonds is 18. The van der Waals surface area contributed by atoms with Crippen molar-refractivity contribution in [2.45, 2.75) is 72.6 Å². The van der Waals surface area contributed by atoms with E-state index in [0.29, 0.717) is 44.2 Å². The number of methoxy groups -OCH3 is 1. The predicted molar refractivity (Wildman–Crippen MR) is 310 cm³/mol. The number of anilines is 3. The minimum absolute atomic E-state index is 0.223. The SMILES string of the molecule is CCn1nc(NCc2ccc(F)cc2)cc1C(OC)c1c[nH]c2ncccc12.CCn1nc(NCc2ccc(F)cc2)cc1C=O.CCn1nc(NCc2ccc(F)cc2)cc1Cc1c[nH]c2ncccc12.c1cnc2[nH]ccc2c1. The smallest absolute Gasteiger partial charge is 0.168 e. The second kappa shape index (κ2) is 27.2. The van der Waals surface area contributed by atoms with Crippen LogP contribution in [0.4, 0.5) is 30.6 Å². The average Bonchev–Trinajstić information content (AvgIpc) is 4.40. The van der Waals surface area contributed by atoms with Gasteiger partial charge >= 0.3 is 0 Å². The van der Waals surface area contributed by atoms with Crippen molar-refractivity contribution in [1.82, 2.24) is 59.2 Å². The number of carbonyl (C=O) groups excluding carboxylic acids is 1. The summed E-state index contributed by atoms with van der Waals surface area (Å²) in [4.78, 5) is 33.0. The van der Waals surface area contributed by atoms with Crippen LogP contribution in [0, 0.1) is 17.5 Å². The molecule has 0 aliphatic heterocycles. The minimum Gasteiger partial charge on any atom is -0.370 e. The number of aryl methyl sites for hydroxylation is 3. The zero-order chi connectivity index (χ0) is 56.5. The predicted octanol–water partition coefficient (Wildman–Crippen LogP) is 12.4. The van der Waals surface area contributed by atoms with Crippen LogP contribution in [-0.2, 0) is 50.4 Å². The quantitative estimate of drug-likeness (QED) is 0.0446. The second-order valence-electron chi connectivity index (χ2n) is 18.5. The summed E-state index contributed by atoms with van der Waals surface area (Å²) in [5, 5.41) is 26.6. The molecule has 81 heavy (non-hydrogen) atoms. The number of pyridine rings is 3. The number of H-pyrrole nitrogens is 3. The van der Waals surface area contributed by atoms with Gasteiger partial charge in [-0.05, 0) is 122 Å². The molecule has 1 unspecified atom stereocenters. The molecular formula is C61H62F3N15O2. The molecule has 0 aliphatic rings. The lowest BCUT2D eigenvalue weighted by molar-refractivity contribution is 0.111. The molecule has 9 heterocycles. The van der Waals surface area contributed by atoms with Crippen molar-refractivity contribution in [2.24, 2.45) is 0 Å². The van der Waals surface area contributed by atoms with E-state index in [0.717, 1.165) is 97.6 Å². The summed E-state index contributed by atoms with van der Waals surface area (Å²) in [6, 6.07) is 38.9. The number of halogens is 3. The van der Waals surface area contributed by atoms with Gasteiger partial charge in [-0.1, -0.05) is 36.4 Å². The van der Waals surface area contributed by atoms with Crippen LogP contribution in [0.25, 0.3) is 33.1 Å². The monoisotopic (exact) mass is 1090 g/mol. The third-order valence-electron chi connectivity index (χ3n) is 13.2. The van der Waals surface area contributed by atoms with E-state index in [-0.39, 0.29) is 23.6 Å². The first-order valence-electron chi connectivity index (χ1n) is 26.5. The zero-order valence-electron chi connectivity index (χ0n) is 45.2. The van der Waals surface area contributed by atoms with Gasteiger partial charge in [0.1, 0.15) is 63.6 Å². The van der Waals surface area contributed by atoms with Crippen molar-refractivity contribution in [2.75, 3.05) is 23.1 Å². The molecule has 0 spiro atoms. The number of aromatic amines is 3. The van der Waals surface area contributed by atoms with Crippen molar-refractivity contribution >= 4 is 56.8 Å². The first-order chi connectivity index (χ1) is 39.6. The van der Waals surface area contributed by atoms with Gasteiger partial charge in [0, 0.05) is 136 Å². The minimum atomic E-state index is -0.272. The highest BCUT2D eigenvalue weighted by molar-refractivity contribution is 5.81. The van der Waals surface area contributed by atoms with E-state index in [1.807, 2.05) is 84.3 Å². The topological polar surface area (TPSA) is 202 Å². The van der Waals surface area contributed by atoms with Gasteiger partial charge in [0.15, 0.2) is 6.29 Å². The molecule has 0 saturated heterocycles. The summed E-state index contributed by atoms with van der Waals surface area (Å²) >= 11 is 0. The molecular weight excluding hydrogens is 1030 g/mol. The van der Waals surface area contributed by atoms with Crippen LogP contribution >= 0.6 is 0 Å². The maximum absolute atomic E-state index is 13.1. The molecule has 12 aromatic rings. The number of aldehydes is 1. The lowest BCUT2D eigenvalue weighted by atomic mass is 10.1. The summed E-state index contributed by atoms with van der Waals surface area (Å²) in [6.45, 7) is 9.92. The Morgan fingerprint density at radius 2 is 1.05 bits per heavy atom. The molecule has 414 valence electrons. The molecule has 20 heteroatoms. The zero-order valence-corrected chi connectivity index (χ0v) is 45.2.